The molecule has 3 rings (SSSR count). The van der Waals surface area contributed by atoms with Crippen molar-refractivity contribution in [2.75, 3.05) is 44.3 Å². The third-order valence-electron chi connectivity index (χ3n) is 5.14. The van der Waals surface area contributed by atoms with E-state index in [0.29, 0.717) is 43.6 Å². The molecular formula is C20H24ClF3N6O4. The van der Waals surface area contributed by atoms with Crippen LogP contribution >= 0.6 is 11.6 Å². The van der Waals surface area contributed by atoms with Crippen LogP contribution < -0.4 is 15.2 Å². The summed E-state index contributed by atoms with van der Waals surface area (Å²) in [5, 5.41) is 5.58. The number of aromatic nitrogens is 4. The van der Waals surface area contributed by atoms with E-state index in [9.17, 15) is 22.8 Å². The Kier molecular flexibility index (Phi) is 8.67. The van der Waals surface area contributed by atoms with Crippen molar-refractivity contribution in [3.8, 4) is 5.75 Å². The summed E-state index contributed by atoms with van der Waals surface area (Å²) in [7, 11) is 0. The molecule has 1 fully saturated rings. The summed E-state index contributed by atoms with van der Waals surface area (Å²) in [6.07, 6.45) is -1.35. The second-order valence-corrected chi connectivity index (χ2v) is 7.91. The van der Waals surface area contributed by atoms with Crippen molar-refractivity contribution >= 4 is 23.5 Å². The summed E-state index contributed by atoms with van der Waals surface area (Å²) >= 11 is 5.80. The van der Waals surface area contributed by atoms with Crippen molar-refractivity contribution in [3.63, 3.8) is 0 Å². The van der Waals surface area contributed by atoms with Gasteiger partial charge in [-0.2, -0.15) is 18.3 Å². The molecule has 1 saturated heterocycles. The number of H-pyrrole nitrogens is 1. The minimum absolute atomic E-state index is 0.0461. The number of nitrogens with zero attached hydrogens (tertiary/aromatic N) is 5. The van der Waals surface area contributed by atoms with Crippen molar-refractivity contribution < 1.29 is 27.4 Å². The van der Waals surface area contributed by atoms with Gasteiger partial charge < -0.3 is 19.3 Å². The van der Waals surface area contributed by atoms with E-state index >= 15 is 0 Å². The number of rotatable bonds is 9. The Hall–Kier alpha value is -2.93. The third kappa shape index (κ3) is 6.79. The number of hydrogen-bond donors (Lipinski definition) is 1. The van der Waals surface area contributed by atoms with Crippen molar-refractivity contribution in [3.05, 3.63) is 39.5 Å². The SMILES string of the molecule is CC[C@@H](COCCC(=O)N1CCN(c2ncc(Cl)cn2)CC1)Oc1cn[nH]c(=O)c1C(F)(F)F. The largest absolute Gasteiger partial charge is 0.485 e. The molecule has 1 aliphatic heterocycles. The molecule has 0 aromatic carbocycles. The van der Waals surface area contributed by atoms with E-state index in [1.54, 1.807) is 16.9 Å². The minimum Gasteiger partial charge on any atom is -0.485 e. The van der Waals surface area contributed by atoms with Crippen LogP contribution in [0.2, 0.25) is 5.02 Å². The molecule has 0 bridgehead atoms. The fourth-order valence-electron chi connectivity index (χ4n) is 3.31. The van der Waals surface area contributed by atoms with Gasteiger partial charge in [0.05, 0.1) is 43.2 Å². The summed E-state index contributed by atoms with van der Waals surface area (Å²) in [5.41, 5.74) is -2.83. The van der Waals surface area contributed by atoms with Gasteiger partial charge in [0.2, 0.25) is 11.9 Å². The molecule has 34 heavy (non-hydrogen) atoms. The Bertz CT molecular complexity index is 1010. The van der Waals surface area contributed by atoms with Crippen LogP contribution in [0.1, 0.15) is 25.3 Å². The van der Waals surface area contributed by atoms with Gasteiger partial charge in [0, 0.05) is 26.2 Å². The molecule has 1 amide bonds. The fourth-order valence-corrected chi connectivity index (χ4v) is 3.41. The molecule has 2 aromatic heterocycles. The van der Waals surface area contributed by atoms with E-state index in [1.165, 1.54) is 12.4 Å². The maximum atomic E-state index is 13.2. The van der Waals surface area contributed by atoms with E-state index in [1.807, 2.05) is 4.90 Å². The van der Waals surface area contributed by atoms with Crippen LogP contribution in [0.25, 0.3) is 0 Å². The number of amides is 1. The number of alkyl halides is 3. The van der Waals surface area contributed by atoms with E-state index in [4.69, 9.17) is 21.1 Å². The highest BCUT2D eigenvalue weighted by Crippen LogP contribution is 2.33. The summed E-state index contributed by atoms with van der Waals surface area (Å²) < 4.78 is 50.3. The van der Waals surface area contributed by atoms with Gasteiger partial charge in [0.15, 0.2) is 11.3 Å². The number of anilines is 1. The average molecular weight is 505 g/mol. The number of nitrogens with one attached hydrogen (secondary N) is 1. The van der Waals surface area contributed by atoms with Crippen LogP contribution in [0, 0.1) is 0 Å². The summed E-state index contributed by atoms with van der Waals surface area (Å²) in [4.78, 5) is 36.0. The van der Waals surface area contributed by atoms with Gasteiger partial charge in [-0.3, -0.25) is 9.59 Å². The summed E-state index contributed by atoms with van der Waals surface area (Å²) in [5.74, 6) is -0.205. The highest BCUT2D eigenvalue weighted by atomic mass is 35.5. The Morgan fingerprint density at radius 1 is 1.21 bits per heavy atom. The zero-order valence-corrected chi connectivity index (χ0v) is 19.1. The van der Waals surface area contributed by atoms with Crippen molar-refractivity contribution in [2.24, 2.45) is 0 Å². The van der Waals surface area contributed by atoms with Crippen LogP contribution in [0.3, 0.4) is 0 Å². The maximum absolute atomic E-state index is 13.2. The van der Waals surface area contributed by atoms with Gasteiger partial charge >= 0.3 is 6.18 Å². The van der Waals surface area contributed by atoms with E-state index in [0.717, 1.165) is 6.20 Å². The Labute approximate surface area is 198 Å². The molecular weight excluding hydrogens is 481 g/mol. The second-order valence-electron chi connectivity index (χ2n) is 7.48. The molecule has 3 heterocycles. The molecule has 0 saturated carbocycles. The zero-order valence-electron chi connectivity index (χ0n) is 18.3. The quantitative estimate of drug-likeness (QED) is 0.517. The zero-order chi connectivity index (χ0) is 24.7. The van der Waals surface area contributed by atoms with Crippen molar-refractivity contribution in [1.82, 2.24) is 25.1 Å². The first-order valence-corrected chi connectivity index (χ1v) is 11.0. The van der Waals surface area contributed by atoms with Gasteiger partial charge in [-0.05, 0) is 6.42 Å². The standard InChI is InChI=1S/C20H24ClF3N6O4/c1-2-14(34-15-11-27-28-18(32)17(15)20(22,23)24)12-33-8-3-16(31)29-4-6-30(7-5-29)19-25-9-13(21)10-26-19/h9-11,14H,2-8,12H2,1H3,(H,28,32)/t14-/m0/s1. The molecule has 2 aromatic rings. The Morgan fingerprint density at radius 3 is 2.50 bits per heavy atom. The monoisotopic (exact) mass is 504 g/mol. The molecule has 1 aliphatic rings. The van der Waals surface area contributed by atoms with Crippen LogP contribution in [-0.4, -0.2) is 76.5 Å². The van der Waals surface area contributed by atoms with Gasteiger partial charge in [0.1, 0.15) is 6.10 Å². The molecule has 0 unspecified atom stereocenters. The van der Waals surface area contributed by atoms with E-state index in [-0.39, 0.29) is 25.5 Å². The number of ether oxygens (including phenoxy) is 2. The average Bonchev–Trinajstić information content (AvgIpc) is 2.80. The second kappa shape index (κ2) is 11.5. The molecule has 186 valence electrons. The fraction of sp³-hybridized carbons (Fsp3) is 0.550. The number of carbonyl (C=O) groups is 1. The number of aromatic amines is 1. The van der Waals surface area contributed by atoms with Crippen LogP contribution in [0.4, 0.5) is 19.1 Å². The lowest BCUT2D eigenvalue weighted by atomic mass is 10.2. The molecule has 0 radical (unpaired) electrons. The minimum atomic E-state index is -4.89. The predicted molar refractivity (Wildman–Crippen MR) is 116 cm³/mol. The molecule has 1 atom stereocenters. The predicted octanol–water partition coefficient (Wildman–Crippen LogP) is 2.14. The van der Waals surface area contributed by atoms with Gasteiger partial charge in [0.25, 0.3) is 5.56 Å². The number of hydrogen-bond acceptors (Lipinski definition) is 8. The smallest absolute Gasteiger partial charge is 0.425 e. The number of halogens is 4. The summed E-state index contributed by atoms with van der Waals surface area (Å²) in [6.45, 7) is 3.89. The van der Waals surface area contributed by atoms with Crippen LogP contribution in [0.15, 0.2) is 23.4 Å². The molecule has 0 spiro atoms. The lowest BCUT2D eigenvalue weighted by Crippen LogP contribution is -2.49. The van der Waals surface area contributed by atoms with Gasteiger partial charge in [-0.1, -0.05) is 18.5 Å². The Balaban J connectivity index is 1.42. The van der Waals surface area contributed by atoms with Crippen molar-refractivity contribution in [1.29, 1.82) is 0 Å². The first kappa shape index (κ1) is 25.7. The van der Waals surface area contributed by atoms with Crippen LogP contribution in [-0.2, 0) is 15.7 Å². The first-order valence-electron chi connectivity index (χ1n) is 10.6. The van der Waals surface area contributed by atoms with Gasteiger partial charge in [-0.25, -0.2) is 15.1 Å². The van der Waals surface area contributed by atoms with Crippen molar-refractivity contribution in [2.45, 2.75) is 32.0 Å². The number of carbonyl (C=O) groups excluding carboxylic acids is 1. The van der Waals surface area contributed by atoms with E-state index in [2.05, 4.69) is 15.1 Å². The van der Waals surface area contributed by atoms with Gasteiger partial charge in [-0.15, -0.1) is 0 Å². The highest BCUT2D eigenvalue weighted by molar-refractivity contribution is 6.30. The first-order chi connectivity index (χ1) is 16.2. The molecule has 0 aliphatic carbocycles. The third-order valence-corrected chi connectivity index (χ3v) is 5.33. The molecule has 1 N–H and O–H groups in total. The maximum Gasteiger partial charge on any atom is 0.425 e. The topological polar surface area (TPSA) is 114 Å². The normalized spacial score (nSPS) is 15.3. The molecule has 10 nitrogen and oxygen atoms in total. The lowest BCUT2D eigenvalue weighted by molar-refractivity contribution is -0.141. The molecule has 14 heteroatoms. The lowest BCUT2D eigenvalue weighted by Gasteiger charge is -2.34. The Morgan fingerprint density at radius 2 is 1.88 bits per heavy atom. The van der Waals surface area contributed by atoms with E-state index < -0.39 is 29.2 Å². The van der Waals surface area contributed by atoms with Crippen LogP contribution in [0.5, 0.6) is 5.75 Å². The number of piperazine rings is 1. The summed E-state index contributed by atoms with van der Waals surface area (Å²) in [6, 6.07) is 0. The highest BCUT2D eigenvalue weighted by Gasteiger charge is 2.38.